The SMILES string of the molecule is Cc1cc2cc(C)c(C3CCCC3CNc3ccc(-c4ccccc4C)cn3)cc2cc1C. The molecule has 0 bridgehead atoms. The molecule has 0 radical (unpaired) electrons. The van der Waals surface area contributed by atoms with Crippen molar-refractivity contribution in [1.29, 1.82) is 0 Å². The maximum absolute atomic E-state index is 4.72. The van der Waals surface area contributed by atoms with E-state index in [1.54, 1.807) is 0 Å². The number of hydrogen-bond acceptors (Lipinski definition) is 2. The Bertz CT molecular complexity index is 1290. The van der Waals surface area contributed by atoms with Crippen molar-refractivity contribution in [3.8, 4) is 11.1 Å². The summed E-state index contributed by atoms with van der Waals surface area (Å²) in [5.41, 5.74) is 9.44. The van der Waals surface area contributed by atoms with Gasteiger partial charge in [0.1, 0.15) is 5.82 Å². The van der Waals surface area contributed by atoms with Crippen LogP contribution in [0.2, 0.25) is 0 Å². The maximum atomic E-state index is 4.72. The minimum Gasteiger partial charge on any atom is -0.370 e. The molecule has 1 saturated carbocycles. The van der Waals surface area contributed by atoms with Crippen LogP contribution in [0, 0.1) is 33.6 Å². The van der Waals surface area contributed by atoms with E-state index >= 15 is 0 Å². The van der Waals surface area contributed by atoms with E-state index < -0.39 is 0 Å². The Morgan fingerprint density at radius 1 is 0.788 bits per heavy atom. The molecule has 0 amide bonds. The standard InChI is InChI=1S/C31H34N2/c1-20-8-5-6-10-28(20)25-12-13-31(33-19-25)32-18-24-9-7-11-29(24)30-17-27-15-22(3)21(2)14-26(27)16-23(30)4/h5-6,8,10,12-17,19,24,29H,7,9,11,18H2,1-4H3,(H,32,33). The fraction of sp³-hybridized carbons (Fsp3) is 0.323. The first-order chi connectivity index (χ1) is 16.0. The molecule has 4 aromatic rings. The number of nitrogens with one attached hydrogen (secondary N) is 1. The number of aromatic nitrogens is 1. The van der Waals surface area contributed by atoms with Gasteiger partial charge in [0, 0.05) is 18.3 Å². The van der Waals surface area contributed by atoms with Crippen LogP contribution in [0.1, 0.15) is 53.0 Å². The van der Waals surface area contributed by atoms with Gasteiger partial charge in [-0.05, 0) is 109 Å². The quantitative estimate of drug-likeness (QED) is 0.343. The first kappa shape index (κ1) is 21.7. The van der Waals surface area contributed by atoms with Crippen LogP contribution in [-0.2, 0) is 0 Å². The summed E-state index contributed by atoms with van der Waals surface area (Å²) in [6.45, 7) is 9.84. The fourth-order valence-corrected chi connectivity index (χ4v) is 5.59. The average Bonchev–Trinajstić information content (AvgIpc) is 3.28. The van der Waals surface area contributed by atoms with Gasteiger partial charge >= 0.3 is 0 Å². The third-order valence-corrected chi connectivity index (χ3v) is 7.66. The van der Waals surface area contributed by atoms with Gasteiger partial charge < -0.3 is 5.32 Å². The van der Waals surface area contributed by atoms with E-state index in [1.807, 2.05) is 6.20 Å². The van der Waals surface area contributed by atoms with Crippen molar-refractivity contribution in [3.05, 3.63) is 94.7 Å². The van der Waals surface area contributed by atoms with Gasteiger partial charge in [-0.3, -0.25) is 0 Å². The van der Waals surface area contributed by atoms with Gasteiger partial charge in [-0.25, -0.2) is 4.98 Å². The Morgan fingerprint density at radius 2 is 1.52 bits per heavy atom. The van der Waals surface area contributed by atoms with E-state index in [-0.39, 0.29) is 0 Å². The smallest absolute Gasteiger partial charge is 0.125 e. The van der Waals surface area contributed by atoms with E-state index in [0.717, 1.165) is 12.4 Å². The lowest BCUT2D eigenvalue weighted by Gasteiger charge is -2.23. The van der Waals surface area contributed by atoms with Gasteiger partial charge in [0.15, 0.2) is 0 Å². The maximum Gasteiger partial charge on any atom is 0.125 e. The highest BCUT2D eigenvalue weighted by atomic mass is 15.0. The molecular weight excluding hydrogens is 400 g/mol. The van der Waals surface area contributed by atoms with Crippen molar-refractivity contribution in [3.63, 3.8) is 0 Å². The van der Waals surface area contributed by atoms with Gasteiger partial charge in [0.05, 0.1) is 0 Å². The highest BCUT2D eigenvalue weighted by molar-refractivity contribution is 5.86. The molecule has 1 fully saturated rings. The van der Waals surface area contributed by atoms with Crippen LogP contribution in [0.25, 0.3) is 21.9 Å². The Kier molecular flexibility index (Phi) is 5.93. The van der Waals surface area contributed by atoms with Crippen LogP contribution in [-0.4, -0.2) is 11.5 Å². The molecule has 2 atom stereocenters. The highest BCUT2D eigenvalue weighted by Crippen LogP contribution is 2.42. The number of aryl methyl sites for hydroxylation is 4. The second-order valence-electron chi connectivity index (χ2n) is 9.92. The number of hydrogen-bond donors (Lipinski definition) is 1. The van der Waals surface area contributed by atoms with Crippen LogP contribution in [0.15, 0.2) is 66.9 Å². The molecule has 5 rings (SSSR count). The molecule has 3 aromatic carbocycles. The van der Waals surface area contributed by atoms with Gasteiger partial charge in [0.25, 0.3) is 0 Å². The molecule has 2 unspecified atom stereocenters. The zero-order valence-electron chi connectivity index (χ0n) is 20.3. The van der Waals surface area contributed by atoms with Crippen molar-refractivity contribution in [2.75, 3.05) is 11.9 Å². The molecule has 1 aliphatic rings. The van der Waals surface area contributed by atoms with Crippen molar-refractivity contribution < 1.29 is 0 Å². The summed E-state index contributed by atoms with van der Waals surface area (Å²) in [5, 5.41) is 6.39. The summed E-state index contributed by atoms with van der Waals surface area (Å²) in [6.07, 6.45) is 5.86. The van der Waals surface area contributed by atoms with Crippen LogP contribution in [0.5, 0.6) is 0 Å². The Morgan fingerprint density at radius 3 is 2.24 bits per heavy atom. The second-order valence-corrected chi connectivity index (χ2v) is 9.92. The zero-order chi connectivity index (χ0) is 22.9. The summed E-state index contributed by atoms with van der Waals surface area (Å²) in [5.74, 6) is 2.24. The van der Waals surface area contributed by atoms with E-state index in [1.165, 1.54) is 69.0 Å². The van der Waals surface area contributed by atoms with Gasteiger partial charge in [-0.15, -0.1) is 0 Å². The molecule has 1 N–H and O–H groups in total. The minimum atomic E-state index is 0.620. The molecule has 0 spiro atoms. The molecule has 33 heavy (non-hydrogen) atoms. The lowest BCUT2D eigenvalue weighted by atomic mass is 9.84. The number of nitrogens with zero attached hydrogens (tertiary/aromatic N) is 1. The number of anilines is 1. The molecule has 2 heteroatoms. The molecular formula is C31H34N2. The predicted molar refractivity (Wildman–Crippen MR) is 141 cm³/mol. The minimum absolute atomic E-state index is 0.620. The summed E-state index contributed by atoms with van der Waals surface area (Å²) >= 11 is 0. The Hall–Kier alpha value is -3.13. The first-order valence-corrected chi connectivity index (χ1v) is 12.3. The molecule has 2 nitrogen and oxygen atoms in total. The van der Waals surface area contributed by atoms with Crippen molar-refractivity contribution in [2.45, 2.75) is 52.9 Å². The molecule has 1 aliphatic carbocycles. The number of rotatable bonds is 5. The second kappa shape index (κ2) is 9.02. The van der Waals surface area contributed by atoms with E-state index in [9.17, 15) is 0 Å². The first-order valence-electron chi connectivity index (χ1n) is 12.3. The fourth-order valence-electron chi connectivity index (χ4n) is 5.59. The summed E-state index contributed by atoms with van der Waals surface area (Å²) in [6, 6.07) is 22.3. The topological polar surface area (TPSA) is 24.9 Å². The molecule has 0 saturated heterocycles. The van der Waals surface area contributed by atoms with Gasteiger partial charge in [-0.1, -0.05) is 55.0 Å². The van der Waals surface area contributed by atoms with Crippen molar-refractivity contribution in [1.82, 2.24) is 4.98 Å². The number of benzene rings is 3. The van der Waals surface area contributed by atoms with Gasteiger partial charge in [-0.2, -0.15) is 0 Å². The molecule has 168 valence electrons. The monoisotopic (exact) mass is 434 g/mol. The average molecular weight is 435 g/mol. The van der Waals surface area contributed by atoms with Crippen LogP contribution in [0.3, 0.4) is 0 Å². The van der Waals surface area contributed by atoms with Crippen molar-refractivity contribution in [2.24, 2.45) is 5.92 Å². The molecule has 1 heterocycles. The normalized spacial score (nSPS) is 18.1. The van der Waals surface area contributed by atoms with Crippen LogP contribution >= 0.6 is 0 Å². The molecule has 1 aromatic heterocycles. The Labute approximate surface area is 198 Å². The Balaban J connectivity index is 1.32. The third kappa shape index (κ3) is 4.39. The van der Waals surface area contributed by atoms with Gasteiger partial charge in [0.2, 0.25) is 0 Å². The van der Waals surface area contributed by atoms with E-state index in [2.05, 4.69) is 93.7 Å². The van der Waals surface area contributed by atoms with E-state index in [4.69, 9.17) is 4.98 Å². The van der Waals surface area contributed by atoms with Crippen LogP contribution in [0.4, 0.5) is 5.82 Å². The number of pyridine rings is 1. The lowest BCUT2D eigenvalue weighted by molar-refractivity contribution is 0.507. The molecule has 0 aliphatic heterocycles. The zero-order valence-corrected chi connectivity index (χ0v) is 20.3. The summed E-state index contributed by atoms with van der Waals surface area (Å²) in [4.78, 5) is 4.72. The summed E-state index contributed by atoms with van der Waals surface area (Å²) < 4.78 is 0. The highest BCUT2D eigenvalue weighted by Gasteiger charge is 2.29. The lowest BCUT2D eigenvalue weighted by Crippen LogP contribution is -2.18. The summed E-state index contributed by atoms with van der Waals surface area (Å²) in [7, 11) is 0. The van der Waals surface area contributed by atoms with Crippen molar-refractivity contribution >= 4 is 16.6 Å². The largest absolute Gasteiger partial charge is 0.370 e. The van der Waals surface area contributed by atoms with E-state index in [0.29, 0.717) is 11.8 Å². The number of fused-ring (bicyclic) bond motifs is 1. The third-order valence-electron chi connectivity index (χ3n) is 7.66. The van der Waals surface area contributed by atoms with Crippen LogP contribution < -0.4 is 5.32 Å². The predicted octanol–water partition coefficient (Wildman–Crippen LogP) is 8.13.